The van der Waals surface area contributed by atoms with E-state index in [-0.39, 0.29) is 25.0 Å². The Hall–Kier alpha value is -3.06. The number of methoxy groups -OCH3 is 2. The molecule has 0 atom stereocenters. The predicted octanol–water partition coefficient (Wildman–Crippen LogP) is 5.18. The summed E-state index contributed by atoms with van der Waals surface area (Å²) in [7, 11) is 3.21. The van der Waals surface area contributed by atoms with Crippen LogP contribution in [0.4, 0.5) is 5.95 Å². The van der Waals surface area contributed by atoms with Crippen LogP contribution in [0.2, 0.25) is 0 Å². The molecule has 8 heteroatoms. The first kappa shape index (κ1) is 23.1. The largest absolute Gasteiger partial charge is 0.493 e. The van der Waals surface area contributed by atoms with E-state index in [4.69, 9.17) is 24.2 Å². The van der Waals surface area contributed by atoms with Gasteiger partial charge in [0.2, 0.25) is 5.95 Å². The van der Waals surface area contributed by atoms with Crippen molar-refractivity contribution in [2.24, 2.45) is 0 Å². The van der Waals surface area contributed by atoms with Crippen molar-refractivity contribution in [1.29, 1.82) is 0 Å². The third-order valence-electron chi connectivity index (χ3n) is 6.58. The Morgan fingerprint density at radius 3 is 2.33 bits per heavy atom. The summed E-state index contributed by atoms with van der Waals surface area (Å²) in [5, 5.41) is 1.82. The van der Waals surface area contributed by atoms with Gasteiger partial charge in [-0.25, -0.2) is 14.8 Å². The van der Waals surface area contributed by atoms with E-state index < -0.39 is 0 Å². The number of hydrogen-bond donors (Lipinski definition) is 0. The van der Waals surface area contributed by atoms with Crippen LogP contribution in [-0.2, 0) is 11.3 Å². The summed E-state index contributed by atoms with van der Waals surface area (Å²) >= 11 is 0. The number of aromatic nitrogens is 2. The van der Waals surface area contributed by atoms with Gasteiger partial charge < -0.3 is 19.1 Å². The lowest BCUT2D eigenvalue weighted by Gasteiger charge is -2.27. The van der Waals surface area contributed by atoms with E-state index in [1.807, 2.05) is 30.6 Å². The minimum atomic E-state index is -0.322. The van der Waals surface area contributed by atoms with Crippen LogP contribution in [0.5, 0.6) is 11.5 Å². The number of esters is 1. The molecular formula is C25H28ClN3O4. The molecule has 2 heterocycles. The highest BCUT2D eigenvalue weighted by Crippen LogP contribution is 2.42. The van der Waals surface area contributed by atoms with E-state index in [9.17, 15) is 4.79 Å². The second kappa shape index (κ2) is 9.43. The Kier molecular flexibility index (Phi) is 6.61. The molecular weight excluding hydrogens is 442 g/mol. The fourth-order valence-electron chi connectivity index (χ4n) is 5.03. The lowest BCUT2D eigenvalue weighted by Crippen LogP contribution is -2.34. The molecule has 0 amide bonds. The lowest BCUT2D eigenvalue weighted by molar-refractivity contribution is 0.0535. The van der Waals surface area contributed by atoms with Crippen molar-refractivity contribution in [2.45, 2.75) is 45.3 Å². The lowest BCUT2D eigenvalue weighted by atomic mass is 9.91. The van der Waals surface area contributed by atoms with Crippen LogP contribution in [0.1, 0.15) is 48.5 Å². The zero-order valence-electron chi connectivity index (χ0n) is 19.1. The molecule has 1 saturated carbocycles. The zero-order valence-corrected chi connectivity index (χ0v) is 19.9. The van der Waals surface area contributed by atoms with E-state index >= 15 is 0 Å². The second-order valence-corrected chi connectivity index (χ2v) is 8.29. The number of nitrogens with zero attached hydrogens (tertiary/aromatic N) is 3. The molecule has 33 heavy (non-hydrogen) atoms. The molecule has 1 aliphatic heterocycles. The van der Waals surface area contributed by atoms with Gasteiger partial charge in [0.15, 0.2) is 11.5 Å². The number of rotatable bonds is 6. The molecule has 5 rings (SSSR count). The maximum absolute atomic E-state index is 12.6. The van der Waals surface area contributed by atoms with E-state index in [1.54, 1.807) is 14.2 Å². The SMILES string of the molecule is CCN(c1ncc(-c2c3c(cc4cc(OC)c(OC)cc24)COC3=O)cn1)C1CCCC1.Cl. The minimum Gasteiger partial charge on any atom is -0.493 e. The van der Waals surface area contributed by atoms with E-state index in [1.165, 1.54) is 25.7 Å². The van der Waals surface area contributed by atoms with Crippen LogP contribution in [-0.4, -0.2) is 42.7 Å². The van der Waals surface area contributed by atoms with Crippen LogP contribution < -0.4 is 14.4 Å². The number of hydrogen-bond acceptors (Lipinski definition) is 7. The molecule has 0 unspecified atom stereocenters. The average Bonchev–Trinajstić information content (AvgIpc) is 3.48. The smallest absolute Gasteiger partial charge is 0.339 e. The van der Waals surface area contributed by atoms with E-state index in [0.717, 1.165) is 40.0 Å². The Morgan fingerprint density at radius 1 is 1.03 bits per heavy atom. The van der Waals surface area contributed by atoms with Crippen molar-refractivity contribution in [2.75, 3.05) is 25.7 Å². The molecule has 1 aromatic heterocycles. The van der Waals surface area contributed by atoms with Gasteiger partial charge >= 0.3 is 5.97 Å². The quantitative estimate of drug-likeness (QED) is 0.461. The second-order valence-electron chi connectivity index (χ2n) is 8.29. The highest BCUT2D eigenvalue weighted by atomic mass is 35.5. The molecule has 3 aromatic rings. The van der Waals surface area contributed by atoms with Crippen molar-refractivity contribution >= 4 is 35.1 Å². The molecule has 0 saturated heterocycles. The maximum atomic E-state index is 12.6. The van der Waals surface area contributed by atoms with Gasteiger partial charge in [-0.3, -0.25) is 0 Å². The molecule has 1 fully saturated rings. The Labute approximate surface area is 199 Å². The summed E-state index contributed by atoms with van der Waals surface area (Å²) < 4.78 is 16.4. The number of carbonyl (C=O) groups is 1. The van der Waals surface area contributed by atoms with Crippen molar-refractivity contribution in [3.8, 4) is 22.6 Å². The van der Waals surface area contributed by atoms with Gasteiger partial charge in [0.25, 0.3) is 0 Å². The summed E-state index contributed by atoms with van der Waals surface area (Å²) in [4.78, 5) is 24.4. The van der Waals surface area contributed by atoms with Crippen LogP contribution in [0, 0.1) is 0 Å². The molecule has 2 aromatic carbocycles. The van der Waals surface area contributed by atoms with Crippen LogP contribution in [0.3, 0.4) is 0 Å². The number of benzene rings is 2. The number of carbonyl (C=O) groups excluding carboxylic acids is 1. The first-order chi connectivity index (χ1) is 15.6. The monoisotopic (exact) mass is 469 g/mol. The van der Waals surface area contributed by atoms with Gasteiger partial charge in [0, 0.05) is 41.7 Å². The highest BCUT2D eigenvalue weighted by Gasteiger charge is 2.29. The van der Waals surface area contributed by atoms with Crippen LogP contribution >= 0.6 is 12.4 Å². The zero-order chi connectivity index (χ0) is 22.2. The third-order valence-corrected chi connectivity index (χ3v) is 6.58. The van der Waals surface area contributed by atoms with Crippen molar-refractivity contribution < 1.29 is 19.0 Å². The number of cyclic esters (lactones) is 1. The average molecular weight is 470 g/mol. The maximum Gasteiger partial charge on any atom is 0.339 e. The number of ether oxygens (including phenoxy) is 3. The Bertz CT molecular complexity index is 1180. The predicted molar refractivity (Wildman–Crippen MR) is 130 cm³/mol. The molecule has 2 aliphatic rings. The normalized spacial score (nSPS) is 15.2. The third kappa shape index (κ3) is 3.95. The summed E-state index contributed by atoms with van der Waals surface area (Å²) in [6.07, 6.45) is 8.52. The standard InChI is InChI=1S/C25H27N3O4.ClH/c1-4-28(18-7-5-6-8-18)25-26-12-17(13-27-25)22-19-11-21(31-3)20(30-2)10-15(19)9-16-14-32-24(29)23(16)22;/h9-13,18H,4-8,14H2,1-3H3;1H. The van der Waals surface area contributed by atoms with Gasteiger partial charge in [-0.05, 0) is 48.7 Å². The van der Waals surface area contributed by atoms with Gasteiger partial charge in [0.05, 0.1) is 19.8 Å². The van der Waals surface area contributed by atoms with Gasteiger partial charge in [0.1, 0.15) is 6.61 Å². The van der Waals surface area contributed by atoms with Crippen molar-refractivity contribution in [3.05, 3.63) is 41.7 Å². The van der Waals surface area contributed by atoms with E-state index in [2.05, 4.69) is 11.8 Å². The first-order valence-corrected chi connectivity index (χ1v) is 11.1. The molecule has 7 nitrogen and oxygen atoms in total. The Balaban J connectivity index is 0.00000259. The van der Waals surface area contributed by atoms with Crippen molar-refractivity contribution in [3.63, 3.8) is 0 Å². The van der Waals surface area contributed by atoms with E-state index in [0.29, 0.717) is 23.1 Å². The first-order valence-electron chi connectivity index (χ1n) is 11.1. The summed E-state index contributed by atoms with van der Waals surface area (Å²) in [6, 6.07) is 6.31. The van der Waals surface area contributed by atoms with Gasteiger partial charge in [-0.15, -0.1) is 12.4 Å². The molecule has 174 valence electrons. The summed E-state index contributed by atoms with van der Waals surface area (Å²) in [6.45, 7) is 3.27. The fraction of sp³-hybridized carbons (Fsp3) is 0.400. The summed E-state index contributed by atoms with van der Waals surface area (Å²) in [5.41, 5.74) is 2.99. The minimum absolute atomic E-state index is 0. The molecule has 0 spiro atoms. The van der Waals surface area contributed by atoms with Crippen molar-refractivity contribution in [1.82, 2.24) is 9.97 Å². The number of anilines is 1. The Morgan fingerprint density at radius 2 is 1.70 bits per heavy atom. The topological polar surface area (TPSA) is 73.8 Å². The van der Waals surface area contributed by atoms with Gasteiger partial charge in [-0.2, -0.15) is 0 Å². The van der Waals surface area contributed by atoms with Crippen LogP contribution in [0.25, 0.3) is 21.9 Å². The highest BCUT2D eigenvalue weighted by molar-refractivity contribution is 6.11. The molecule has 0 radical (unpaired) electrons. The van der Waals surface area contributed by atoms with Gasteiger partial charge in [-0.1, -0.05) is 12.8 Å². The molecule has 1 aliphatic carbocycles. The molecule has 0 N–H and O–H groups in total. The molecule has 0 bridgehead atoms. The number of halogens is 1. The number of fused-ring (bicyclic) bond motifs is 2. The summed E-state index contributed by atoms with van der Waals surface area (Å²) in [5.74, 6) is 1.65. The fourth-order valence-corrected chi connectivity index (χ4v) is 5.03. The van der Waals surface area contributed by atoms with Crippen LogP contribution in [0.15, 0.2) is 30.6 Å².